The molecule has 1 atom stereocenters. The average Bonchev–Trinajstić information content (AvgIpc) is 1.97. The van der Waals surface area contributed by atoms with Crippen LogP contribution in [-0.4, -0.2) is 24.4 Å². The van der Waals surface area contributed by atoms with Crippen LogP contribution in [0.1, 0.15) is 20.3 Å². The Labute approximate surface area is 67.6 Å². The number of aliphatic hydroxyl groups is 1. The van der Waals surface area contributed by atoms with Gasteiger partial charge in [0.2, 0.25) is 0 Å². The largest absolute Gasteiger partial charge is 0.396 e. The molecule has 0 aliphatic heterocycles. The van der Waals surface area contributed by atoms with Crippen LogP contribution < -0.4 is 0 Å². The van der Waals surface area contributed by atoms with Gasteiger partial charge in [0.1, 0.15) is 6.10 Å². The standard InChI is InChI=1S/C8H15NO2/c1-7(2)8(6-9)11-5-3-4-10/h7-8,10H,3-5H2,1-2H3. The van der Waals surface area contributed by atoms with Crippen LogP contribution in [-0.2, 0) is 4.74 Å². The third-order valence-electron chi connectivity index (χ3n) is 1.33. The second kappa shape index (κ2) is 6.14. The highest BCUT2D eigenvalue weighted by Gasteiger charge is 2.11. The van der Waals surface area contributed by atoms with E-state index in [2.05, 4.69) is 6.07 Å². The summed E-state index contributed by atoms with van der Waals surface area (Å²) < 4.78 is 5.17. The van der Waals surface area contributed by atoms with Crippen molar-refractivity contribution in [2.45, 2.75) is 26.4 Å². The van der Waals surface area contributed by atoms with E-state index in [1.807, 2.05) is 13.8 Å². The predicted molar refractivity (Wildman–Crippen MR) is 41.9 cm³/mol. The molecule has 0 aliphatic carbocycles. The number of aliphatic hydroxyl groups excluding tert-OH is 1. The van der Waals surface area contributed by atoms with Crippen LogP contribution >= 0.6 is 0 Å². The molecule has 0 spiro atoms. The minimum Gasteiger partial charge on any atom is -0.396 e. The Kier molecular flexibility index (Phi) is 5.81. The lowest BCUT2D eigenvalue weighted by molar-refractivity contribution is 0.0508. The van der Waals surface area contributed by atoms with Crippen LogP contribution in [0, 0.1) is 17.2 Å². The second-order valence-electron chi connectivity index (χ2n) is 2.74. The summed E-state index contributed by atoms with van der Waals surface area (Å²) in [5, 5.41) is 17.0. The molecule has 0 radical (unpaired) electrons. The molecule has 3 heteroatoms. The van der Waals surface area contributed by atoms with Crippen LogP contribution in [0.15, 0.2) is 0 Å². The fourth-order valence-electron chi connectivity index (χ4n) is 0.654. The van der Waals surface area contributed by atoms with E-state index in [0.717, 1.165) is 0 Å². The first-order valence-electron chi connectivity index (χ1n) is 3.84. The van der Waals surface area contributed by atoms with E-state index in [9.17, 15) is 0 Å². The number of nitriles is 1. The molecule has 0 fully saturated rings. The molecule has 3 nitrogen and oxygen atoms in total. The van der Waals surface area contributed by atoms with E-state index in [1.165, 1.54) is 0 Å². The molecule has 0 aromatic rings. The zero-order valence-corrected chi connectivity index (χ0v) is 7.08. The summed E-state index contributed by atoms with van der Waals surface area (Å²) in [6.45, 7) is 4.46. The van der Waals surface area contributed by atoms with Crippen LogP contribution in [0.5, 0.6) is 0 Å². The van der Waals surface area contributed by atoms with E-state index >= 15 is 0 Å². The zero-order chi connectivity index (χ0) is 8.69. The smallest absolute Gasteiger partial charge is 0.146 e. The molecule has 64 valence electrons. The minimum absolute atomic E-state index is 0.121. The first-order valence-corrected chi connectivity index (χ1v) is 3.84. The Morgan fingerprint density at radius 2 is 2.18 bits per heavy atom. The molecule has 0 saturated carbocycles. The van der Waals surface area contributed by atoms with Crippen molar-refractivity contribution in [2.24, 2.45) is 5.92 Å². The van der Waals surface area contributed by atoms with Crippen molar-refractivity contribution in [2.75, 3.05) is 13.2 Å². The van der Waals surface area contributed by atoms with Gasteiger partial charge in [-0.1, -0.05) is 13.8 Å². The summed E-state index contributed by atoms with van der Waals surface area (Å²) in [5.41, 5.74) is 0. The van der Waals surface area contributed by atoms with Crippen LogP contribution in [0.3, 0.4) is 0 Å². The zero-order valence-electron chi connectivity index (χ0n) is 7.08. The van der Waals surface area contributed by atoms with Crippen molar-refractivity contribution in [1.82, 2.24) is 0 Å². The van der Waals surface area contributed by atoms with Crippen molar-refractivity contribution in [3.63, 3.8) is 0 Å². The lowest BCUT2D eigenvalue weighted by atomic mass is 10.1. The maximum Gasteiger partial charge on any atom is 0.146 e. The number of nitrogens with zero attached hydrogens (tertiary/aromatic N) is 1. The third kappa shape index (κ3) is 4.77. The van der Waals surface area contributed by atoms with Gasteiger partial charge in [0.05, 0.1) is 12.7 Å². The van der Waals surface area contributed by atoms with Gasteiger partial charge in [-0.15, -0.1) is 0 Å². The number of hydrogen-bond donors (Lipinski definition) is 1. The van der Waals surface area contributed by atoms with Gasteiger partial charge in [-0.05, 0) is 12.3 Å². The molecule has 0 rings (SSSR count). The lowest BCUT2D eigenvalue weighted by Crippen LogP contribution is -2.18. The van der Waals surface area contributed by atoms with Gasteiger partial charge >= 0.3 is 0 Å². The monoisotopic (exact) mass is 157 g/mol. The topological polar surface area (TPSA) is 53.2 Å². The van der Waals surface area contributed by atoms with Crippen molar-refractivity contribution in [3.8, 4) is 6.07 Å². The Morgan fingerprint density at radius 3 is 2.55 bits per heavy atom. The van der Waals surface area contributed by atoms with Crippen molar-refractivity contribution >= 4 is 0 Å². The van der Waals surface area contributed by atoms with E-state index in [1.54, 1.807) is 0 Å². The molecule has 1 unspecified atom stereocenters. The molecule has 0 heterocycles. The van der Waals surface area contributed by atoms with Crippen molar-refractivity contribution in [1.29, 1.82) is 5.26 Å². The summed E-state index contributed by atoms with van der Waals surface area (Å²) in [6.07, 6.45) is 0.270. The summed E-state index contributed by atoms with van der Waals surface area (Å²) >= 11 is 0. The van der Waals surface area contributed by atoms with Crippen LogP contribution in [0.2, 0.25) is 0 Å². The van der Waals surface area contributed by atoms with Gasteiger partial charge < -0.3 is 9.84 Å². The predicted octanol–water partition coefficient (Wildman–Crippen LogP) is 0.934. The van der Waals surface area contributed by atoms with E-state index < -0.39 is 0 Å². The van der Waals surface area contributed by atoms with Crippen LogP contribution in [0.4, 0.5) is 0 Å². The molecule has 0 aromatic heterocycles. The lowest BCUT2D eigenvalue weighted by Gasteiger charge is -2.12. The molecule has 1 N–H and O–H groups in total. The highest BCUT2D eigenvalue weighted by atomic mass is 16.5. The number of ether oxygens (including phenoxy) is 1. The first-order chi connectivity index (χ1) is 5.22. The quantitative estimate of drug-likeness (QED) is 0.604. The molecule has 0 amide bonds. The SMILES string of the molecule is CC(C)C(C#N)OCCCO. The second-order valence-corrected chi connectivity index (χ2v) is 2.74. The Bertz CT molecular complexity index is 129. The van der Waals surface area contributed by atoms with Gasteiger partial charge in [0.15, 0.2) is 0 Å². The van der Waals surface area contributed by atoms with E-state index in [-0.39, 0.29) is 18.6 Å². The summed E-state index contributed by atoms with van der Waals surface area (Å²) in [7, 11) is 0. The molecule has 0 aliphatic rings. The summed E-state index contributed by atoms with van der Waals surface area (Å²) in [4.78, 5) is 0. The molecule has 11 heavy (non-hydrogen) atoms. The maximum atomic E-state index is 8.56. The summed E-state index contributed by atoms with van der Waals surface area (Å²) in [6, 6.07) is 2.06. The van der Waals surface area contributed by atoms with Crippen molar-refractivity contribution in [3.05, 3.63) is 0 Å². The third-order valence-corrected chi connectivity index (χ3v) is 1.33. The molecular weight excluding hydrogens is 142 g/mol. The number of rotatable bonds is 5. The molecule has 0 saturated heterocycles. The Balaban J connectivity index is 3.47. The van der Waals surface area contributed by atoms with Crippen LogP contribution in [0.25, 0.3) is 0 Å². The normalized spacial score (nSPS) is 13.0. The minimum atomic E-state index is -0.332. The van der Waals surface area contributed by atoms with Gasteiger partial charge in [0, 0.05) is 6.61 Å². The Hall–Kier alpha value is -0.590. The van der Waals surface area contributed by atoms with Gasteiger partial charge in [-0.25, -0.2) is 0 Å². The van der Waals surface area contributed by atoms with Gasteiger partial charge in [0.25, 0.3) is 0 Å². The van der Waals surface area contributed by atoms with Gasteiger partial charge in [-0.3, -0.25) is 0 Å². The average molecular weight is 157 g/mol. The highest BCUT2D eigenvalue weighted by molar-refractivity contribution is 4.86. The van der Waals surface area contributed by atoms with Gasteiger partial charge in [-0.2, -0.15) is 5.26 Å². The fraction of sp³-hybridized carbons (Fsp3) is 0.875. The first kappa shape index (κ1) is 10.4. The summed E-state index contributed by atoms with van der Waals surface area (Å²) in [5.74, 6) is 0.221. The van der Waals surface area contributed by atoms with E-state index in [0.29, 0.717) is 13.0 Å². The molecule has 0 aromatic carbocycles. The molecule has 0 bridgehead atoms. The number of hydrogen-bond acceptors (Lipinski definition) is 3. The fourth-order valence-corrected chi connectivity index (χ4v) is 0.654. The highest BCUT2D eigenvalue weighted by Crippen LogP contribution is 2.04. The maximum absolute atomic E-state index is 8.56. The van der Waals surface area contributed by atoms with E-state index in [4.69, 9.17) is 15.1 Å². The van der Waals surface area contributed by atoms with Crippen molar-refractivity contribution < 1.29 is 9.84 Å². The molecular formula is C8H15NO2. The Morgan fingerprint density at radius 1 is 1.55 bits per heavy atom.